The van der Waals surface area contributed by atoms with E-state index >= 15 is 0 Å². The Morgan fingerprint density at radius 2 is 1.77 bits per heavy atom. The van der Waals surface area contributed by atoms with Crippen molar-refractivity contribution in [2.45, 2.75) is 0 Å². The van der Waals surface area contributed by atoms with Gasteiger partial charge in [0.25, 0.3) is 0 Å². The molecule has 0 spiro atoms. The van der Waals surface area contributed by atoms with E-state index in [4.69, 9.17) is 13.9 Å². The van der Waals surface area contributed by atoms with E-state index in [9.17, 15) is 9.90 Å². The van der Waals surface area contributed by atoms with E-state index in [0.717, 1.165) is 0 Å². The van der Waals surface area contributed by atoms with E-state index in [1.54, 1.807) is 6.07 Å². The number of benzene rings is 2. The minimum Gasteiger partial charge on any atom is -0.507 e. The zero-order chi connectivity index (χ0) is 15.7. The molecule has 0 fully saturated rings. The predicted molar refractivity (Wildman–Crippen MR) is 82.7 cm³/mol. The lowest BCUT2D eigenvalue weighted by Gasteiger charge is -2.10. The van der Waals surface area contributed by atoms with Gasteiger partial charge in [-0.05, 0) is 0 Å². The third-order valence-corrected chi connectivity index (χ3v) is 3.38. The summed E-state index contributed by atoms with van der Waals surface area (Å²) in [5.74, 6) is 0.561. The molecular formula is C17H14O5. The first-order valence-electron chi connectivity index (χ1n) is 6.63. The Morgan fingerprint density at radius 1 is 1.05 bits per heavy atom. The quantitative estimate of drug-likeness (QED) is 0.804. The van der Waals surface area contributed by atoms with Crippen molar-refractivity contribution in [2.24, 2.45) is 0 Å². The molecule has 0 unspecified atom stereocenters. The fourth-order valence-corrected chi connectivity index (χ4v) is 2.34. The third kappa shape index (κ3) is 2.16. The average Bonchev–Trinajstić information content (AvgIpc) is 2.54. The number of phenols is 1. The Morgan fingerprint density at radius 3 is 2.41 bits per heavy atom. The summed E-state index contributed by atoms with van der Waals surface area (Å²) in [4.78, 5) is 12.6. The minimum absolute atomic E-state index is 0.0548. The summed E-state index contributed by atoms with van der Waals surface area (Å²) >= 11 is 0. The number of phenolic OH excluding ortho intramolecular Hbond substituents is 1. The van der Waals surface area contributed by atoms with E-state index in [1.807, 2.05) is 30.3 Å². The normalized spacial score (nSPS) is 10.6. The van der Waals surface area contributed by atoms with Gasteiger partial charge in [-0.25, -0.2) is 0 Å². The van der Waals surface area contributed by atoms with Crippen LogP contribution in [0.15, 0.2) is 51.7 Å². The summed E-state index contributed by atoms with van der Waals surface area (Å²) in [5, 5.41) is 10.1. The van der Waals surface area contributed by atoms with Crippen LogP contribution in [0, 0.1) is 0 Å². The molecule has 0 aliphatic carbocycles. The van der Waals surface area contributed by atoms with E-state index in [0.29, 0.717) is 17.1 Å². The van der Waals surface area contributed by atoms with Crippen molar-refractivity contribution in [3.63, 3.8) is 0 Å². The first kappa shape index (κ1) is 14.0. The molecule has 0 radical (unpaired) electrons. The van der Waals surface area contributed by atoms with Crippen molar-refractivity contribution >= 4 is 11.0 Å². The number of aromatic hydroxyl groups is 1. The van der Waals surface area contributed by atoms with E-state index in [2.05, 4.69) is 0 Å². The lowest BCUT2D eigenvalue weighted by Crippen LogP contribution is -2.08. The smallest absolute Gasteiger partial charge is 0.239 e. The second kappa shape index (κ2) is 5.44. The van der Waals surface area contributed by atoms with Gasteiger partial charge in [-0.15, -0.1) is 0 Å². The van der Waals surface area contributed by atoms with Gasteiger partial charge in [0.15, 0.2) is 5.76 Å². The van der Waals surface area contributed by atoms with Crippen LogP contribution < -0.4 is 14.9 Å². The summed E-state index contributed by atoms with van der Waals surface area (Å²) in [6, 6.07) is 12.1. The molecule has 0 aliphatic rings. The van der Waals surface area contributed by atoms with Crippen LogP contribution in [0.25, 0.3) is 22.3 Å². The highest BCUT2D eigenvalue weighted by molar-refractivity contribution is 5.88. The topological polar surface area (TPSA) is 68.9 Å². The van der Waals surface area contributed by atoms with Gasteiger partial charge in [0.1, 0.15) is 22.5 Å². The highest BCUT2D eigenvalue weighted by Gasteiger charge is 2.19. The highest BCUT2D eigenvalue weighted by Crippen LogP contribution is 2.35. The molecule has 0 bridgehead atoms. The summed E-state index contributed by atoms with van der Waals surface area (Å²) < 4.78 is 16.1. The first-order chi connectivity index (χ1) is 10.7. The van der Waals surface area contributed by atoms with Gasteiger partial charge in [-0.1, -0.05) is 30.3 Å². The molecule has 5 nitrogen and oxygen atoms in total. The van der Waals surface area contributed by atoms with Gasteiger partial charge in [0, 0.05) is 17.7 Å². The number of fused-ring (bicyclic) bond motifs is 1. The van der Waals surface area contributed by atoms with Crippen LogP contribution in [-0.4, -0.2) is 19.3 Å². The second-order valence-electron chi connectivity index (χ2n) is 4.68. The van der Waals surface area contributed by atoms with Gasteiger partial charge < -0.3 is 19.0 Å². The Kier molecular flexibility index (Phi) is 3.47. The molecule has 1 heterocycles. The van der Waals surface area contributed by atoms with Crippen molar-refractivity contribution in [1.82, 2.24) is 0 Å². The zero-order valence-corrected chi connectivity index (χ0v) is 12.1. The Labute approximate surface area is 126 Å². The van der Waals surface area contributed by atoms with Gasteiger partial charge in [0.05, 0.1) is 14.2 Å². The molecule has 1 aromatic heterocycles. The molecule has 0 saturated carbocycles. The van der Waals surface area contributed by atoms with E-state index < -0.39 is 5.43 Å². The van der Waals surface area contributed by atoms with Crippen LogP contribution in [0.4, 0.5) is 0 Å². The molecule has 22 heavy (non-hydrogen) atoms. The van der Waals surface area contributed by atoms with Crippen molar-refractivity contribution in [3.8, 4) is 28.6 Å². The van der Waals surface area contributed by atoms with Crippen LogP contribution in [0.3, 0.4) is 0 Å². The van der Waals surface area contributed by atoms with E-state index in [1.165, 1.54) is 20.3 Å². The van der Waals surface area contributed by atoms with Crippen LogP contribution in [-0.2, 0) is 0 Å². The molecule has 1 N–H and O–H groups in total. The monoisotopic (exact) mass is 298 g/mol. The van der Waals surface area contributed by atoms with Crippen molar-refractivity contribution < 1.29 is 19.0 Å². The summed E-state index contributed by atoms with van der Waals surface area (Å²) in [7, 11) is 2.87. The standard InChI is InChI=1S/C17H14O5/c1-20-11-8-12(18)14-13(9-11)22-16(17(21-2)15(14)19)10-6-4-3-5-7-10/h3-9,18H,1-2H3. The lowest BCUT2D eigenvalue weighted by atomic mass is 10.1. The first-order valence-corrected chi connectivity index (χ1v) is 6.63. The number of hydrogen-bond acceptors (Lipinski definition) is 5. The number of rotatable bonds is 3. The van der Waals surface area contributed by atoms with Crippen LogP contribution >= 0.6 is 0 Å². The maximum Gasteiger partial charge on any atom is 0.239 e. The Bertz CT molecular complexity index is 881. The van der Waals surface area contributed by atoms with Crippen LogP contribution in [0.5, 0.6) is 17.2 Å². The maximum atomic E-state index is 12.6. The van der Waals surface area contributed by atoms with E-state index in [-0.39, 0.29) is 22.5 Å². The number of ether oxygens (including phenoxy) is 2. The molecule has 2 aromatic carbocycles. The SMILES string of the molecule is COc1cc(O)c2c(=O)c(OC)c(-c3ccccc3)oc2c1. The van der Waals surface area contributed by atoms with Gasteiger partial charge in [-0.3, -0.25) is 4.79 Å². The lowest BCUT2D eigenvalue weighted by molar-refractivity contribution is 0.394. The van der Waals surface area contributed by atoms with Crippen LogP contribution in [0.2, 0.25) is 0 Å². The molecule has 112 valence electrons. The number of methoxy groups -OCH3 is 2. The molecule has 0 aliphatic heterocycles. The Balaban J connectivity index is 2.41. The molecule has 0 atom stereocenters. The van der Waals surface area contributed by atoms with Crippen molar-refractivity contribution in [3.05, 3.63) is 52.7 Å². The highest BCUT2D eigenvalue weighted by atomic mass is 16.5. The molecule has 0 amide bonds. The maximum absolute atomic E-state index is 12.6. The number of hydrogen-bond donors (Lipinski definition) is 1. The van der Waals surface area contributed by atoms with Crippen molar-refractivity contribution in [2.75, 3.05) is 14.2 Å². The predicted octanol–water partition coefficient (Wildman–Crippen LogP) is 3.18. The molecule has 3 aromatic rings. The summed E-state index contributed by atoms with van der Waals surface area (Å²) in [6.07, 6.45) is 0. The second-order valence-corrected chi connectivity index (χ2v) is 4.68. The van der Waals surface area contributed by atoms with Crippen LogP contribution in [0.1, 0.15) is 0 Å². The molecular weight excluding hydrogens is 284 g/mol. The van der Waals surface area contributed by atoms with Crippen molar-refractivity contribution in [1.29, 1.82) is 0 Å². The van der Waals surface area contributed by atoms with Gasteiger partial charge in [-0.2, -0.15) is 0 Å². The van der Waals surface area contributed by atoms with Gasteiger partial charge >= 0.3 is 0 Å². The third-order valence-electron chi connectivity index (χ3n) is 3.38. The summed E-state index contributed by atoms with van der Waals surface area (Å²) in [5.41, 5.74) is 0.518. The summed E-state index contributed by atoms with van der Waals surface area (Å²) in [6.45, 7) is 0. The largest absolute Gasteiger partial charge is 0.507 e. The van der Waals surface area contributed by atoms with Gasteiger partial charge in [0.2, 0.25) is 11.2 Å². The fourth-order valence-electron chi connectivity index (χ4n) is 2.34. The molecule has 0 saturated heterocycles. The minimum atomic E-state index is -0.428. The average molecular weight is 298 g/mol. The molecule has 5 heteroatoms. The fraction of sp³-hybridized carbons (Fsp3) is 0.118. The Hall–Kier alpha value is -2.95. The zero-order valence-electron chi connectivity index (χ0n) is 12.1. The molecule has 3 rings (SSSR count).